The Balaban J connectivity index is 1.52. The van der Waals surface area contributed by atoms with Gasteiger partial charge in [0, 0.05) is 38.1 Å². The van der Waals surface area contributed by atoms with Crippen LogP contribution in [0.5, 0.6) is 5.75 Å². The molecular formula is C18H19NO5. The molecule has 2 aromatic rings. The first-order valence-corrected chi connectivity index (χ1v) is 7.89. The van der Waals surface area contributed by atoms with Crippen molar-refractivity contribution in [3.63, 3.8) is 0 Å². The van der Waals surface area contributed by atoms with Crippen LogP contribution in [0.4, 0.5) is 0 Å². The van der Waals surface area contributed by atoms with Gasteiger partial charge in [-0.1, -0.05) is 0 Å². The van der Waals surface area contributed by atoms with Gasteiger partial charge in [-0.15, -0.1) is 0 Å². The van der Waals surface area contributed by atoms with Crippen molar-refractivity contribution in [2.24, 2.45) is 0 Å². The van der Waals surface area contributed by atoms with Crippen LogP contribution in [0.25, 0.3) is 6.08 Å². The number of carbonyl (C=O) groups is 1. The number of amides is 1. The standard InChI is InChI=1S/C18H19NO5/c1-13-11-16(12-18(21)23-13)24-15-6-8-19(9-7-15)17(20)5-4-14-3-2-10-22-14/h2-5,10-12,15H,6-9H2,1H3. The van der Waals surface area contributed by atoms with Crippen LogP contribution in [0, 0.1) is 6.92 Å². The maximum atomic E-state index is 12.2. The van der Waals surface area contributed by atoms with Gasteiger partial charge in [0.25, 0.3) is 0 Å². The predicted molar refractivity (Wildman–Crippen MR) is 87.7 cm³/mol. The van der Waals surface area contributed by atoms with Gasteiger partial charge in [0.2, 0.25) is 5.91 Å². The molecule has 0 radical (unpaired) electrons. The van der Waals surface area contributed by atoms with Crippen molar-refractivity contribution in [1.82, 2.24) is 4.90 Å². The van der Waals surface area contributed by atoms with Crippen molar-refractivity contribution < 1.29 is 18.4 Å². The fourth-order valence-corrected chi connectivity index (χ4v) is 2.68. The highest BCUT2D eigenvalue weighted by molar-refractivity contribution is 5.91. The second kappa shape index (κ2) is 7.21. The lowest BCUT2D eigenvalue weighted by molar-refractivity contribution is -0.127. The van der Waals surface area contributed by atoms with E-state index < -0.39 is 5.63 Å². The zero-order valence-corrected chi connectivity index (χ0v) is 13.4. The first-order valence-electron chi connectivity index (χ1n) is 7.89. The van der Waals surface area contributed by atoms with Gasteiger partial charge in [-0.05, 0) is 25.1 Å². The Hall–Kier alpha value is -2.76. The molecule has 6 heteroatoms. The first-order chi connectivity index (χ1) is 11.6. The van der Waals surface area contributed by atoms with Crippen molar-refractivity contribution in [3.8, 4) is 5.75 Å². The molecule has 1 amide bonds. The molecule has 0 bridgehead atoms. The molecule has 24 heavy (non-hydrogen) atoms. The third-order valence-corrected chi connectivity index (χ3v) is 3.86. The van der Waals surface area contributed by atoms with E-state index in [0.29, 0.717) is 30.4 Å². The van der Waals surface area contributed by atoms with E-state index in [9.17, 15) is 9.59 Å². The minimum Gasteiger partial charge on any atom is -0.490 e. The van der Waals surface area contributed by atoms with Crippen LogP contribution in [0.2, 0.25) is 0 Å². The highest BCUT2D eigenvalue weighted by atomic mass is 16.5. The number of piperidine rings is 1. The topological polar surface area (TPSA) is 72.9 Å². The number of hydrogen-bond acceptors (Lipinski definition) is 5. The Morgan fingerprint density at radius 2 is 2.12 bits per heavy atom. The van der Waals surface area contributed by atoms with Gasteiger partial charge < -0.3 is 18.5 Å². The molecule has 0 aromatic carbocycles. The molecule has 1 saturated heterocycles. The largest absolute Gasteiger partial charge is 0.490 e. The Morgan fingerprint density at radius 1 is 1.33 bits per heavy atom. The summed E-state index contributed by atoms with van der Waals surface area (Å²) in [6.07, 6.45) is 6.19. The molecule has 0 spiro atoms. The number of likely N-dealkylation sites (tertiary alicyclic amines) is 1. The monoisotopic (exact) mass is 329 g/mol. The average Bonchev–Trinajstić information content (AvgIpc) is 3.06. The molecule has 126 valence electrons. The third-order valence-electron chi connectivity index (χ3n) is 3.86. The molecular weight excluding hydrogens is 310 g/mol. The van der Waals surface area contributed by atoms with Crippen LogP contribution in [0.1, 0.15) is 24.4 Å². The van der Waals surface area contributed by atoms with E-state index in [1.54, 1.807) is 42.4 Å². The smallest absolute Gasteiger partial charge is 0.339 e. The van der Waals surface area contributed by atoms with E-state index in [2.05, 4.69) is 0 Å². The number of nitrogens with zero attached hydrogens (tertiary/aromatic N) is 1. The number of ether oxygens (including phenoxy) is 1. The maximum absolute atomic E-state index is 12.2. The summed E-state index contributed by atoms with van der Waals surface area (Å²) < 4.78 is 15.9. The number of carbonyl (C=O) groups excluding carboxylic acids is 1. The minimum absolute atomic E-state index is 0.00990. The maximum Gasteiger partial charge on any atom is 0.339 e. The fourth-order valence-electron chi connectivity index (χ4n) is 2.68. The van der Waals surface area contributed by atoms with Gasteiger partial charge in [-0.2, -0.15) is 0 Å². The highest BCUT2D eigenvalue weighted by Gasteiger charge is 2.23. The number of hydrogen-bond donors (Lipinski definition) is 0. The average molecular weight is 329 g/mol. The van der Waals surface area contributed by atoms with Crippen molar-refractivity contribution >= 4 is 12.0 Å². The van der Waals surface area contributed by atoms with E-state index in [4.69, 9.17) is 13.6 Å². The van der Waals surface area contributed by atoms with Crippen molar-refractivity contribution in [1.29, 1.82) is 0 Å². The summed E-state index contributed by atoms with van der Waals surface area (Å²) in [7, 11) is 0. The van der Waals surface area contributed by atoms with Crippen LogP contribution in [0.15, 0.2) is 50.2 Å². The fraction of sp³-hybridized carbons (Fsp3) is 0.333. The Labute approximate surface area is 139 Å². The third kappa shape index (κ3) is 4.16. The van der Waals surface area contributed by atoms with E-state index in [1.165, 1.54) is 12.1 Å². The molecule has 0 unspecified atom stereocenters. The van der Waals surface area contributed by atoms with Gasteiger partial charge in [-0.25, -0.2) is 4.79 Å². The summed E-state index contributed by atoms with van der Waals surface area (Å²) in [5.41, 5.74) is -0.416. The van der Waals surface area contributed by atoms with Crippen LogP contribution in [0.3, 0.4) is 0 Å². The summed E-state index contributed by atoms with van der Waals surface area (Å²) in [6, 6.07) is 6.61. The number of aryl methyl sites for hydroxylation is 1. The van der Waals surface area contributed by atoms with Crippen molar-refractivity contribution in [2.45, 2.75) is 25.9 Å². The molecule has 0 N–H and O–H groups in total. The van der Waals surface area contributed by atoms with Gasteiger partial charge in [-0.3, -0.25) is 4.79 Å². The van der Waals surface area contributed by atoms with E-state index >= 15 is 0 Å². The second-order valence-corrected chi connectivity index (χ2v) is 5.71. The molecule has 3 heterocycles. The molecule has 0 aliphatic carbocycles. The summed E-state index contributed by atoms with van der Waals surface area (Å²) in [5, 5.41) is 0. The number of furan rings is 1. The van der Waals surface area contributed by atoms with Crippen LogP contribution in [-0.4, -0.2) is 30.0 Å². The first kappa shape index (κ1) is 16.1. The van der Waals surface area contributed by atoms with Crippen molar-refractivity contribution in [3.05, 3.63) is 58.5 Å². The van der Waals surface area contributed by atoms with E-state index in [-0.39, 0.29) is 12.0 Å². The lowest BCUT2D eigenvalue weighted by Gasteiger charge is -2.31. The SMILES string of the molecule is Cc1cc(OC2CCN(C(=O)C=Cc3ccco3)CC2)cc(=O)o1. The van der Waals surface area contributed by atoms with Gasteiger partial charge >= 0.3 is 5.63 Å². The quantitative estimate of drug-likeness (QED) is 0.806. The highest BCUT2D eigenvalue weighted by Crippen LogP contribution is 2.19. The molecule has 0 atom stereocenters. The Morgan fingerprint density at radius 3 is 2.79 bits per heavy atom. The lowest BCUT2D eigenvalue weighted by Crippen LogP contribution is -2.41. The molecule has 1 aliphatic rings. The van der Waals surface area contributed by atoms with E-state index in [0.717, 1.165) is 12.8 Å². The minimum atomic E-state index is -0.416. The van der Waals surface area contributed by atoms with Crippen LogP contribution >= 0.6 is 0 Å². The summed E-state index contributed by atoms with van der Waals surface area (Å²) in [6.45, 7) is 2.94. The normalized spacial score (nSPS) is 15.8. The van der Waals surface area contributed by atoms with E-state index in [1.807, 2.05) is 0 Å². The summed E-state index contributed by atoms with van der Waals surface area (Å²) in [5.74, 6) is 1.65. The van der Waals surface area contributed by atoms with Gasteiger partial charge in [0.1, 0.15) is 23.4 Å². The molecule has 1 aliphatic heterocycles. The predicted octanol–water partition coefficient (Wildman–Crippen LogP) is 2.62. The lowest BCUT2D eigenvalue weighted by atomic mass is 10.1. The molecule has 2 aromatic heterocycles. The summed E-state index contributed by atoms with van der Waals surface area (Å²) in [4.78, 5) is 25.3. The summed E-state index contributed by atoms with van der Waals surface area (Å²) >= 11 is 0. The molecule has 3 rings (SSSR count). The molecule has 0 saturated carbocycles. The molecule has 1 fully saturated rings. The van der Waals surface area contributed by atoms with Crippen molar-refractivity contribution in [2.75, 3.05) is 13.1 Å². The van der Waals surface area contributed by atoms with Crippen LogP contribution in [-0.2, 0) is 4.79 Å². The number of rotatable bonds is 4. The Kier molecular flexibility index (Phi) is 4.84. The zero-order chi connectivity index (χ0) is 16.9. The van der Waals surface area contributed by atoms with Gasteiger partial charge in [0.05, 0.1) is 12.3 Å². The van der Waals surface area contributed by atoms with Gasteiger partial charge in [0.15, 0.2) is 0 Å². The second-order valence-electron chi connectivity index (χ2n) is 5.71. The zero-order valence-electron chi connectivity index (χ0n) is 13.4. The van der Waals surface area contributed by atoms with Crippen LogP contribution < -0.4 is 10.4 Å². The Bertz CT molecular complexity index is 767. The molecule has 6 nitrogen and oxygen atoms in total.